The van der Waals surface area contributed by atoms with Gasteiger partial charge in [0.15, 0.2) is 0 Å². The van der Waals surface area contributed by atoms with Crippen molar-refractivity contribution < 1.29 is 0 Å². The first kappa shape index (κ1) is 15.5. The topological polar surface area (TPSA) is 55.6 Å². The third-order valence-electron chi connectivity index (χ3n) is 3.62. The quantitative estimate of drug-likeness (QED) is 0.939. The monoisotopic (exact) mass is 287 g/mol. The maximum atomic E-state index is 4.80. The predicted molar refractivity (Wildman–Crippen MR) is 85.7 cm³/mol. The summed E-state index contributed by atoms with van der Waals surface area (Å²) in [7, 11) is 1.90. The highest BCUT2D eigenvalue weighted by molar-refractivity contribution is 5.46. The third kappa shape index (κ3) is 3.23. The molecule has 0 aromatic carbocycles. The molecule has 0 aliphatic carbocycles. The van der Waals surface area contributed by atoms with Crippen LogP contribution in [0, 0.1) is 6.92 Å². The fourth-order valence-electron chi connectivity index (χ4n) is 2.26. The van der Waals surface area contributed by atoms with E-state index >= 15 is 0 Å². The van der Waals surface area contributed by atoms with E-state index in [4.69, 9.17) is 4.98 Å². The van der Waals surface area contributed by atoms with Gasteiger partial charge in [-0.2, -0.15) is 0 Å². The first-order chi connectivity index (χ1) is 9.86. The van der Waals surface area contributed by atoms with Crippen LogP contribution in [-0.2, 0) is 18.4 Å². The van der Waals surface area contributed by atoms with Gasteiger partial charge in [-0.05, 0) is 13.8 Å². The van der Waals surface area contributed by atoms with E-state index in [1.165, 1.54) is 0 Å². The summed E-state index contributed by atoms with van der Waals surface area (Å²) in [5.41, 5.74) is 2.06. The zero-order valence-corrected chi connectivity index (χ0v) is 13.9. The van der Waals surface area contributed by atoms with Crippen molar-refractivity contribution in [2.45, 2.75) is 53.0 Å². The van der Waals surface area contributed by atoms with Gasteiger partial charge < -0.3 is 9.88 Å². The van der Waals surface area contributed by atoms with Crippen LogP contribution in [0.2, 0.25) is 0 Å². The third-order valence-corrected chi connectivity index (χ3v) is 3.62. The molecule has 5 heteroatoms. The van der Waals surface area contributed by atoms with E-state index in [1.54, 1.807) is 0 Å². The summed E-state index contributed by atoms with van der Waals surface area (Å²) in [5.74, 6) is 2.81. The van der Waals surface area contributed by atoms with Gasteiger partial charge in [-0.1, -0.05) is 20.8 Å². The Balaban J connectivity index is 2.47. The molecule has 0 unspecified atom stereocenters. The van der Waals surface area contributed by atoms with Crippen molar-refractivity contribution in [2.24, 2.45) is 0 Å². The fraction of sp³-hybridized carbons (Fsp3) is 0.562. The summed E-state index contributed by atoms with van der Waals surface area (Å²) in [6.07, 6.45) is 4.58. The molecule has 2 heterocycles. The lowest BCUT2D eigenvalue weighted by Crippen LogP contribution is -2.19. The van der Waals surface area contributed by atoms with Crippen molar-refractivity contribution in [1.29, 1.82) is 0 Å². The molecule has 0 bridgehead atoms. The molecule has 5 nitrogen and oxygen atoms in total. The van der Waals surface area contributed by atoms with Gasteiger partial charge in [-0.15, -0.1) is 0 Å². The number of hydrogen-bond donors (Lipinski definition) is 1. The predicted octanol–water partition coefficient (Wildman–Crippen LogP) is 2.93. The maximum absolute atomic E-state index is 4.80. The average molecular weight is 287 g/mol. The maximum Gasteiger partial charge on any atom is 0.136 e. The minimum atomic E-state index is -0.0752. The molecule has 0 aliphatic heterocycles. The number of nitrogens with zero attached hydrogens (tertiary/aromatic N) is 4. The Kier molecular flexibility index (Phi) is 4.30. The molecule has 0 saturated carbocycles. The largest absolute Gasteiger partial charge is 0.373 e. The number of aromatic nitrogens is 4. The molecule has 0 amide bonds. The molecule has 0 fully saturated rings. The van der Waals surface area contributed by atoms with Crippen molar-refractivity contribution in [3.63, 3.8) is 0 Å². The van der Waals surface area contributed by atoms with Crippen LogP contribution in [0.15, 0.2) is 12.4 Å². The normalized spacial score (nSPS) is 11.7. The molecule has 1 N–H and O–H groups in total. The van der Waals surface area contributed by atoms with Crippen molar-refractivity contribution in [2.75, 3.05) is 12.4 Å². The number of imidazole rings is 1. The summed E-state index contributed by atoms with van der Waals surface area (Å²) in [5, 5.41) is 3.18. The van der Waals surface area contributed by atoms with E-state index < -0.39 is 0 Å². The second-order valence-corrected chi connectivity index (χ2v) is 6.27. The van der Waals surface area contributed by atoms with Crippen molar-refractivity contribution >= 4 is 5.82 Å². The Morgan fingerprint density at radius 1 is 1.24 bits per heavy atom. The zero-order chi connectivity index (χ0) is 15.6. The Labute approximate surface area is 126 Å². The molecule has 2 aromatic rings. The van der Waals surface area contributed by atoms with Gasteiger partial charge in [-0.25, -0.2) is 15.0 Å². The molecule has 2 rings (SSSR count). The van der Waals surface area contributed by atoms with Crippen LogP contribution in [0.5, 0.6) is 0 Å². The van der Waals surface area contributed by atoms with E-state index in [2.05, 4.69) is 54.5 Å². The Hall–Kier alpha value is -1.91. The lowest BCUT2D eigenvalue weighted by Gasteiger charge is -2.20. The minimum Gasteiger partial charge on any atom is -0.373 e. The Morgan fingerprint density at radius 3 is 2.52 bits per heavy atom. The summed E-state index contributed by atoms with van der Waals surface area (Å²) in [4.78, 5) is 13.9. The van der Waals surface area contributed by atoms with E-state index in [-0.39, 0.29) is 5.41 Å². The molecular formula is C16H25N5. The van der Waals surface area contributed by atoms with Crippen LogP contribution in [0.3, 0.4) is 0 Å². The average Bonchev–Trinajstić information content (AvgIpc) is 2.87. The van der Waals surface area contributed by atoms with Crippen LogP contribution in [0.25, 0.3) is 0 Å². The molecular weight excluding hydrogens is 262 g/mol. The number of anilines is 1. The van der Waals surface area contributed by atoms with Gasteiger partial charge in [0.05, 0.1) is 5.69 Å². The zero-order valence-electron chi connectivity index (χ0n) is 13.9. The van der Waals surface area contributed by atoms with E-state index in [0.717, 1.165) is 41.7 Å². The minimum absolute atomic E-state index is 0.0752. The molecule has 2 aromatic heterocycles. The number of nitrogens with one attached hydrogen (secondary N) is 1. The van der Waals surface area contributed by atoms with Gasteiger partial charge in [-0.3, -0.25) is 0 Å². The van der Waals surface area contributed by atoms with Crippen LogP contribution in [-0.4, -0.2) is 26.6 Å². The van der Waals surface area contributed by atoms with Gasteiger partial charge in [0, 0.05) is 43.4 Å². The first-order valence-corrected chi connectivity index (χ1v) is 7.42. The number of hydrogen-bond acceptors (Lipinski definition) is 4. The number of rotatable bonds is 4. The molecule has 21 heavy (non-hydrogen) atoms. The second kappa shape index (κ2) is 5.84. The molecule has 0 aliphatic rings. The molecule has 114 valence electrons. The van der Waals surface area contributed by atoms with Crippen LogP contribution in [0.4, 0.5) is 5.82 Å². The standard InChI is InChI=1S/C16H25N5/c1-7-21-9-8-18-13(21)10-12-11(2)14(17-6)20-15(19-12)16(3,4)5/h8-9H,7,10H2,1-6H3,(H,17,19,20). The van der Waals surface area contributed by atoms with Crippen molar-refractivity contribution in [3.05, 3.63) is 35.3 Å². The number of aryl methyl sites for hydroxylation is 1. The van der Waals surface area contributed by atoms with Crippen LogP contribution < -0.4 is 5.32 Å². The molecule has 0 saturated heterocycles. The smallest absolute Gasteiger partial charge is 0.136 e. The highest BCUT2D eigenvalue weighted by Crippen LogP contribution is 2.24. The van der Waals surface area contributed by atoms with Crippen LogP contribution >= 0.6 is 0 Å². The fourth-order valence-corrected chi connectivity index (χ4v) is 2.26. The van der Waals surface area contributed by atoms with Gasteiger partial charge >= 0.3 is 0 Å². The van der Waals surface area contributed by atoms with Gasteiger partial charge in [0.1, 0.15) is 17.5 Å². The van der Waals surface area contributed by atoms with Gasteiger partial charge in [0.2, 0.25) is 0 Å². The van der Waals surface area contributed by atoms with Crippen LogP contribution in [0.1, 0.15) is 50.6 Å². The summed E-state index contributed by atoms with van der Waals surface area (Å²) in [6, 6.07) is 0. The first-order valence-electron chi connectivity index (χ1n) is 7.42. The van der Waals surface area contributed by atoms with Crippen molar-refractivity contribution in [1.82, 2.24) is 19.5 Å². The summed E-state index contributed by atoms with van der Waals surface area (Å²) in [6.45, 7) is 11.5. The van der Waals surface area contributed by atoms with Crippen molar-refractivity contribution in [3.8, 4) is 0 Å². The lowest BCUT2D eigenvalue weighted by atomic mass is 9.95. The summed E-state index contributed by atoms with van der Waals surface area (Å²) >= 11 is 0. The molecule has 0 spiro atoms. The summed E-state index contributed by atoms with van der Waals surface area (Å²) < 4.78 is 2.15. The second-order valence-electron chi connectivity index (χ2n) is 6.27. The Bertz CT molecular complexity index is 622. The van der Waals surface area contributed by atoms with E-state index in [0.29, 0.717) is 0 Å². The van der Waals surface area contributed by atoms with E-state index in [1.807, 2.05) is 19.4 Å². The van der Waals surface area contributed by atoms with E-state index in [9.17, 15) is 0 Å². The highest BCUT2D eigenvalue weighted by Gasteiger charge is 2.21. The van der Waals surface area contributed by atoms with Gasteiger partial charge in [0.25, 0.3) is 0 Å². The molecule has 0 atom stereocenters. The Morgan fingerprint density at radius 2 is 1.95 bits per heavy atom. The lowest BCUT2D eigenvalue weighted by molar-refractivity contribution is 0.541. The molecule has 0 radical (unpaired) electrons. The SMILES string of the molecule is CCn1ccnc1Cc1nc(C(C)(C)C)nc(NC)c1C. The highest BCUT2D eigenvalue weighted by atomic mass is 15.1.